The summed E-state index contributed by atoms with van der Waals surface area (Å²) in [7, 11) is 0. The van der Waals surface area contributed by atoms with E-state index in [1.54, 1.807) is 6.07 Å². The summed E-state index contributed by atoms with van der Waals surface area (Å²) in [5, 5.41) is 2.93. The predicted octanol–water partition coefficient (Wildman–Crippen LogP) is 3.67. The smallest absolute Gasteiger partial charge is 0.256 e. The van der Waals surface area contributed by atoms with Crippen LogP contribution in [-0.2, 0) is 11.2 Å². The van der Waals surface area contributed by atoms with Crippen molar-refractivity contribution in [1.82, 2.24) is 9.80 Å². The first-order valence-electron chi connectivity index (χ1n) is 10.5. The molecule has 0 spiro atoms. The van der Waals surface area contributed by atoms with Crippen LogP contribution >= 0.6 is 0 Å². The van der Waals surface area contributed by atoms with Crippen LogP contribution < -0.4 is 5.32 Å². The van der Waals surface area contributed by atoms with Gasteiger partial charge in [-0.2, -0.15) is 0 Å². The van der Waals surface area contributed by atoms with Crippen molar-refractivity contribution < 1.29 is 9.59 Å². The number of nitrogens with one attached hydrogen (secondary N) is 1. The number of amides is 2. The van der Waals surface area contributed by atoms with Gasteiger partial charge in [0.2, 0.25) is 5.91 Å². The van der Waals surface area contributed by atoms with Crippen LogP contribution in [0.2, 0.25) is 0 Å². The van der Waals surface area contributed by atoms with Crippen molar-refractivity contribution in [3.63, 3.8) is 0 Å². The summed E-state index contributed by atoms with van der Waals surface area (Å²) >= 11 is 0. The molecule has 0 radical (unpaired) electrons. The second-order valence-electron chi connectivity index (χ2n) is 7.71. The van der Waals surface area contributed by atoms with Gasteiger partial charge in [-0.25, -0.2) is 0 Å². The predicted molar refractivity (Wildman–Crippen MR) is 117 cm³/mol. The Labute approximate surface area is 173 Å². The maximum atomic E-state index is 13.1. The van der Waals surface area contributed by atoms with Crippen LogP contribution in [0.4, 0.5) is 5.69 Å². The highest BCUT2D eigenvalue weighted by molar-refractivity contribution is 6.04. The third kappa shape index (κ3) is 5.67. The third-order valence-corrected chi connectivity index (χ3v) is 5.69. The Hall–Kier alpha value is -2.66. The van der Waals surface area contributed by atoms with E-state index in [2.05, 4.69) is 34.5 Å². The quantitative estimate of drug-likeness (QED) is 0.781. The van der Waals surface area contributed by atoms with Crippen molar-refractivity contribution in [1.29, 1.82) is 0 Å². The number of piperazine rings is 1. The van der Waals surface area contributed by atoms with Gasteiger partial charge >= 0.3 is 0 Å². The lowest BCUT2D eigenvalue weighted by Gasteiger charge is -2.35. The van der Waals surface area contributed by atoms with Crippen LogP contribution in [0.15, 0.2) is 54.6 Å². The molecule has 2 aromatic carbocycles. The second kappa shape index (κ2) is 10.2. The zero-order chi connectivity index (χ0) is 20.6. The van der Waals surface area contributed by atoms with Crippen LogP contribution in [0.25, 0.3) is 0 Å². The Kier molecular flexibility index (Phi) is 7.42. The summed E-state index contributed by atoms with van der Waals surface area (Å²) in [5.41, 5.74) is 2.52. The molecule has 1 unspecified atom stereocenters. The number of nitrogens with zero attached hydrogens (tertiary/aromatic N) is 2. The molecule has 3 rings (SSSR count). The van der Waals surface area contributed by atoms with E-state index in [4.69, 9.17) is 0 Å². The van der Waals surface area contributed by atoms with Gasteiger partial charge < -0.3 is 10.2 Å². The maximum Gasteiger partial charge on any atom is 0.256 e. The van der Waals surface area contributed by atoms with E-state index in [-0.39, 0.29) is 17.7 Å². The van der Waals surface area contributed by atoms with Crippen LogP contribution in [0.3, 0.4) is 0 Å². The zero-order valence-corrected chi connectivity index (χ0v) is 17.4. The third-order valence-electron chi connectivity index (χ3n) is 5.69. The highest BCUT2D eigenvalue weighted by Crippen LogP contribution is 2.20. The average molecular weight is 394 g/mol. The summed E-state index contributed by atoms with van der Waals surface area (Å²) in [6, 6.07) is 17.8. The number of hydrogen-bond acceptors (Lipinski definition) is 3. The summed E-state index contributed by atoms with van der Waals surface area (Å²) in [4.78, 5) is 29.7. The summed E-state index contributed by atoms with van der Waals surface area (Å²) in [6.07, 6.45) is 1.80. The fourth-order valence-corrected chi connectivity index (χ4v) is 3.50. The number of para-hydroxylation sites is 1. The lowest BCUT2D eigenvalue weighted by molar-refractivity contribution is -0.119. The van der Waals surface area contributed by atoms with Crippen molar-refractivity contribution in [3.05, 3.63) is 65.7 Å². The van der Waals surface area contributed by atoms with E-state index < -0.39 is 0 Å². The zero-order valence-electron chi connectivity index (χ0n) is 17.4. The van der Waals surface area contributed by atoms with Gasteiger partial charge in [0.1, 0.15) is 0 Å². The first-order valence-corrected chi connectivity index (χ1v) is 10.5. The lowest BCUT2D eigenvalue weighted by atomic mass is 10.1. The summed E-state index contributed by atoms with van der Waals surface area (Å²) < 4.78 is 0. The van der Waals surface area contributed by atoms with Crippen molar-refractivity contribution in [3.8, 4) is 0 Å². The van der Waals surface area contributed by atoms with Gasteiger partial charge in [0.05, 0.1) is 11.3 Å². The number of carbonyl (C=O) groups excluding carboxylic acids is 2. The van der Waals surface area contributed by atoms with Crippen LogP contribution in [0, 0.1) is 5.92 Å². The highest BCUT2D eigenvalue weighted by atomic mass is 16.2. The normalized spacial score (nSPS) is 15.7. The molecule has 1 aliphatic heterocycles. The number of carbonyl (C=O) groups is 2. The molecule has 29 heavy (non-hydrogen) atoms. The molecular weight excluding hydrogens is 362 g/mol. The number of benzene rings is 2. The van der Waals surface area contributed by atoms with Gasteiger partial charge in [-0.3, -0.25) is 14.5 Å². The number of hydrogen-bond donors (Lipinski definition) is 1. The standard InChI is InChI=1S/C24H31N3O2/c1-3-19(2)23(28)25-22-12-8-7-11-21(22)24(29)27-17-15-26(16-18-27)14-13-20-9-5-4-6-10-20/h4-12,19H,3,13-18H2,1-2H3,(H,25,28). The van der Waals surface area contributed by atoms with Gasteiger partial charge in [-0.05, 0) is 30.5 Å². The molecule has 1 heterocycles. The van der Waals surface area contributed by atoms with Gasteiger partial charge in [0, 0.05) is 38.6 Å². The summed E-state index contributed by atoms with van der Waals surface area (Å²) in [6.45, 7) is 8.06. The molecular formula is C24H31N3O2. The second-order valence-corrected chi connectivity index (χ2v) is 7.71. The Morgan fingerprint density at radius 3 is 2.31 bits per heavy atom. The monoisotopic (exact) mass is 393 g/mol. The van der Waals surface area contributed by atoms with Crippen molar-refractivity contribution in [2.75, 3.05) is 38.0 Å². The molecule has 1 saturated heterocycles. The van der Waals surface area contributed by atoms with E-state index in [0.717, 1.165) is 32.5 Å². The van der Waals surface area contributed by atoms with E-state index in [1.165, 1.54) is 5.56 Å². The van der Waals surface area contributed by atoms with Crippen LogP contribution in [-0.4, -0.2) is 54.3 Å². The van der Waals surface area contributed by atoms with Gasteiger partial charge in [-0.15, -0.1) is 0 Å². The largest absolute Gasteiger partial charge is 0.336 e. The molecule has 0 saturated carbocycles. The number of anilines is 1. The average Bonchev–Trinajstić information content (AvgIpc) is 2.78. The molecule has 0 aliphatic carbocycles. The minimum Gasteiger partial charge on any atom is -0.336 e. The summed E-state index contributed by atoms with van der Waals surface area (Å²) in [5.74, 6) is -0.127. The topological polar surface area (TPSA) is 52.7 Å². The van der Waals surface area contributed by atoms with E-state index in [9.17, 15) is 9.59 Å². The van der Waals surface area contributed by atoms with Crippen molar-refractivity contribution >= 4 is 17.5 Å². The molecule has 5 heteroatoms. The molecule has 0 bridgehead atoms. The molecule has 1 aliphatic rings. The van der Waals surface area contributed by atoms with Gasteiger partial charge in [0.15, 0.2) is 0 Å². The SMILES string of the molecule is CCC(C)C(=O)Nc1ccccc1C(=O)N1CCN(CCc2ccccc2)CC1. The van der Waals surface area contributed by atoms with Crippen LogP contribution in [0.5, 0.6) is 0 Å². The Morgan fingerprint density at radius 2 is 1.62 bits per heavy atom. The van der Waals surface area contributed by atoms with Crippen molar-refractivity contribution in [2.45, 2.75) is 26.7 Å². The minimum absolute atomic E-state index is 0.00670. The molecule has 2 aromatic rings. The molecule has 5 nitrogen and oxygen atoms in total. The molecule has 1 N–H and O–H groups in total. The van der Waals surface area contributed by atoms with Gasteiger partial charge in [-0.1, -0.05) is 56.3 Å². The molecule has 1 fully saturated rings. The van der Waals surface area contributed by atoms with Gasteiger partial charge in [0.25, 0.3) is 5.91 Å². The fraction of sp³-hybridized carbons (Fsp3) is 0.417. The first-order chi connectivity index (χ1) is 14.1. The molecule has 1 atom stereocenters. The molecule has 0 aromatic heterocycles. The molecule has 154 valence electrons. The maximum absolute atomic E-state index is 13.1. The minimum atomic E-state index is -0.0775. The van der Waals surface area contributed by atoms with E-state index in [0.29, 0.717) is 24.3 Å². The highest BCUT2D eigenvalue weighted by Gasteiger charge is 2.24. The fourth-order valence-electron chi connectivity index (χ4n) is 3.50. The first kappa shape index (κ1) is 21.1. The Bertz CT molecular complexity index is 814. The molecule has 2 amide bonds. The van der Waals surface area contributed by atoms with Crippen LogP contribution in [0.1, 0.15) is 36.2 Å². The van der Waals surface area contributed by atoms with E-state index in [1.807, 2.05) is 43.0 Å². The van der Waals surface area contributed by atoms with Crippen molar-refractivity contribution in [2.24, 2.45) is 5.92 Å². The number of rotatable bonds is 7. The Morgan fingerprint density at radius 1 is 0.966 bits per heavy atom. The lowest BCUT2D eigenvalue weighted by Crippen LogP contribution is -2.49. The Balaban J connectivity index is 1.56. The van der Waals surface area contributed by atoms with E-state index >= 15 is 0 Å².